The topological polar surface area (TPSA) is 88.1 Å². The van der Waals surface area contributed by atoms with Crippen molar-refractivity contribution < 1.29 is 14.0 Å². The van der Waals surface area contributed by atoms with Gasteiger partial charge in [-0.15, -0.1) is 0 Å². The van der Waals surface area contributed by atoms with Crippen LogP contribution in [0.25, 0.3) is 33.1 Å². The third-order valence-electron chi connectivity index (χ3n) is 6.86. The molecule has 0 atom stereocenters. The summed E-state index contributed by atoms with van der Waals surface area (Å²) in [5, 5.41) is 5.13. The molecule has 1 saturated heterocycles. The molecule has 35 heavy (non-hydrogen) atoms. The first-order chi connectivity index (χ1) is 17.1. The molecule has 8 heteroatoms. The molecule has 4 aromatic heterocycles. The van der Waals surface area contributed by atoms with Crippen LogP contribution in [0.15, 0.2) is 47.2 Å². The van der Waals surface area contributed by atoms with Gasteiger partial charge in [0.2, 0.25) is 0 Å². The molecule has 1 aliphatic rings. The average molecular weight is 470 g/mol. The van der Waals surface area contributed by atoms with Gasteiger partial charge in [-0.2, -0.15) is 0 Å². The summed E-state index contributed by atoms with van der Waals surface area (Å²) in [6.45, 7) is 6.00. The summed E-state index contributed by atoms with van der Waals surface area (Å²) in [5.41, 5.74) is 6.47. The number of aromatic nitrogens is 5. The number of pyridine rings is 2. The molecule has 5 aromatic rings. The van der Waals surface area contributed by atoms with Gasteiger partial charge in [-0.25, -0.2) is 4.98 Å². The van der Waals surface area contributed by atoms with Crippen LogP contribution in [0.5, 0.6) is 5.75 Å². The number of fused-ring (bicyclic) bond motifs is 3. The highest BCUT2D eigenvalue weighted by Gasteiger charge is 2.25. The molecule has 0 radical (unpaired) electrons. The van der Waals surface area contributed by atoms with Gasteiger partial charge in [0.25, 0.3) is 0 Å². The number of hydrogen-bond donors (Lipinski definition) is 0. The molecule has 0 spiro atoms. The van der Waals surface area contributed by atoms with Crippen molar-refractivity contribution in [2.75, 3.05) is 20.3 Å². The fourth-order valence-corrected chi connectivity index (χ4v) is 5.17. The first kappa shape index (κ1) is 21.7. The van der Waals surface area contributed by atoms with E-state index in [0.717, 1.165) is 87.8 Å². The molecule has 0 saturated carbocycles. The molecule has 0 amide bonds. The molecule has 0 aliphatic carbocycles. The maximum absolute atomic E-state index is 5.86. The van der Waals surface area contributed by atoms with Crippen molar-refractivity contribution in [1.82, 2.24) is 24.7 Å². The van der Waals surface area contributed by atoms with E-state index in [2.05, 4.69) is 32.9 Å². The molecule has 0 N–H and O–H groups in total. The molecule has 0 unspecified atom stereocenters. The summed E-state index contributed by atoms with van der Waals surface area (Å²) < 4.78 is 19.2. The van der Waals surface area contributed by atoms with E-state index < -0.39 is 0 Å². The van der Waals surface area contributed by atoms with Crippen molar-refractivity contribution in [3.63, 3.8) is 0 Å². The molecule has 8 nitrogen and oxygen atoms in total. The highest BCUT2D eigenvalue weighted by molar-refractivity contribution is 6.05. The van der Waals surface area contributed by atoms with Gasteiger partial charge in [-0.3, -0.25) is 9.97 Å². The minimum Gasteiger partial charge on any atom is -0.496 e. The number of rotatable bonds is 5. The number of ether oxygens (including phenoxy) is 2. The number of nitrogens with zero attached hydrogens (tertiary/aromatic N) is 5. The van der Waals surface area contributed by atoms with Crippen molar-refractivity contribution in [1.29, 1.82) is 0 Å². The summed E-state index contributed by atoms with van der Waals surface area (Å²) in [5.74, 6) is 2.90. The Morgan fingerprint density at radius 3 is 2.66 bits per heavy atom. The largest absolute Gasteiger partial charge is 0.496 e. The van der Waals surface area contributed by atoms with Gasteiger partial charge in [0.15, 0.2) is 0 Å². The van der Waals surface area contributed by atoms with Crippen molar-refractivity contribution >= 4 is 21.9 Å². The van der Waals surface area contributed by atoms with E-state index in [0.29, 0.717) is 12.5 Å². The molecule has 0 bridgehead atoms. The van der Waals surface area contributed by atoms with Crippen LogP contribution in [0.2, 0.25) is 0 Å². The molecular weight excluding hydrogens is 442 g/mol. The third kappa shape index (κ3) is 3.74. The molecular formula is C27H27N5O3. The van der Waals surface area contributed by atoms with Gasteiger partial charge < -0.3 is 18.6 Å². The minimum atomic E-state index is 0.332. The smallest absolute Gasteiger partial charge is 0.141 e. The lowest BCUT2D eigenvalue weighted by Gasteiger charge is -2.22. The lowest BCUT2D eigenvalue weighted by molar-refractivity contribution is 0.0830. The van der Waals surface area contributed by atoms with Crippen LogP contribution in [0, 0.1) is 13.8 Å². The molecule has 6 rings (SSSR count). The maximum atomic E-state index is 5.86. The van der Waals surface area contributed by atoms with E-state index in [1.54, 1.807) is 7.11 Å². The van der Waals surface area contributed by atoms with Gasteiger partial charge in [0.05, 0.1) is 47.8 Å². The minimum absolute atomic E-state index is 0.332. The van der Waals surface area contributed by atoms with Crippen molar-refractivity contribution in [3.8, 4) is 16.9 Å². The van der Waals surface area contributed by atoms with Gasteiger partial charge in [0, 0.05) is 36.3 Å². The lowest BCUT2D eigenvalue weighted by Crippen LogP contribution is -2.18. The van der Waals surface area contributed by atoms with Gasteiger partial charge >= 0.3 is 0 Å². The summed E-state index contributed by atoms with van der Waals surface area (Å²) in [4.78, 5) is 14.5. The number of hydrogen-bond acceptors (Lipinski definition) is 7. The molecule has 1 aliphatic heterocycles. The first-order valence-electron chi connectivity index (χ1n) is 11.9. The molecule has 5 heterocycles. The Balaban J connectivity index is 1.61. The number of benzene rings is 1. The normalized spacial score (nSPS) is 14.7. The Morgan fingerprint density at radius 2 is 1.94 bits per heavy atom. The van der Waals surface area contributed by atoms with E-state index in [1.165, 1.54) is 0 Å². The summed E-state index contributed by atoms with van der Waals surface area (Å²) in [6, 6.07) is 10.1. The van der Waals surface area contributed by atoms with Crippen molar-refractivity contribution in [3.05, 3.63) is 65.7 Å². The Kier molecular flexibility index (Phi) is 5.45. The van der Waals surface area contributed by atoms with Gasteiger partial charge in [0.1, 0.15) is 22.9 Å². The summed E-state index contributed by atoms with van der Waals surface area (Å²) in [6.07, 6.45) is 5.62. The standard InChI is InChI=1S/C27H27N5O3/c1-16-25(17(2)35-31-16)21-12-22-20(13-24(21)33-3)26-23(14-29-22)30-27(18-7-10-34-11-8-18)32(26)15-19-6-4-5-9-28-19/h4-6,9,12-14,18H,7-8,10-11,15H2,1-3H3. The summed E-state index contributed by atoms with van der Waals surface area (Å²) in [7, 11) is 1.69. The Labute approximate surface area is 202 Å². The fraction of sp³-hybridized carbons (Fsp3) is 0.333. The predicted octanol–water partition coefficient (Wildman–Crippen LogP) is 5.20. The zero-order chi connectivity index (χ0) is 23.9. The third-order valence-corrected chi connectivity index (χ3v) is 6.86. The highest BCUT2D eigenvalue weighted by atomic mass is 16.5. The number of imidazole rings is 1. The second-order valence-electron chi connectivity index (χ2n) is 9.02. The quantitative estimate of drug-likeness (QED) is 0.349. The monoisotopic (exact) mass is 469 g/mol. The molecule has 1 fully saturated rings. The SMILES string of the molecule is COc1cc2c(cc1-c1c(C)noc1C)ncc1nc(C3CCOCC3)n(Cc3ccccn3)c12. The van der Waals surface area contributed by atoms with E-state index in [4.69, 9.17) is 24.0 Å². The van der Waals surface area contributed by atoms with Crippen LogP contribution in [0.3, 0.4) is 0 Å². The van der Waals surface area contributed by atoms with Crippen molar-refractivity contribution in [2.24, 2.45) is 0 Å². The van der Waals surface area contributed by atoms with Crippen LogP contribution in [0.1, 0.15) is 41.7 Å². The predicted molar refractivity (Wildman–Crippen MR) is 133 cm³/mol. The Morgan fingerprint density at radius 1 is 1.09 bits per heavy atom. The van der Waals surface area contributed by atoms with Crippen LogP contribution < -0.4 is 4.74 Å². The number of methoxy groups -OCH3 is 1. The summed E-state index contributed by atoms with van der Waals surface area (Å²) >= 11 is 0. The Hall–Kier alpha value is -3.78. The van der Waals surface area contributed by atoms with Crippen LogP contribution in [0.4, 0.5) is 0 Å². The second kappa shape index (κ2) is 8.78. The van der Waals surface area contributed by atoms with Gasteiger partial charge in [-0.05, 0) is 51.0 Å². The van der Waals surface area contributed by atoms with Gasteiger partial charge in [-0.1, -0.05) is 11.2 Å². The van der Waals surface area contributed by atoms with Crippen LogP contribution in [-0.4, -0.2) is 45.0 Å². The van der Waals surface area contributed by atoms with E-state index in [9.17, 15) is 0 Å². The second-order valence-corrected chi connectivity index (χ2v) is 9.02. The molecule has 1 aromatic carbocycles. The van der Waals surface area contributed by atoms with Crippen LogP contribution >= 0.6 is 0 Å². The van der Waals surface area contributed by atoms with E-state index >= 15 is 0 Å². The van der Waals surface area contributed by atoms with Crippen LogP contribution in [-0.2, 0) is 11.3 Å². The van der Waals surface area contributed by atoms with E-state index in [-0.39, 0.29) is 0 Å². The number of aryl methyl sites for hydroxylation is 2. The Bertz CT molecular complexity index is 1500. The molecule has 178 valence electrons. The van der Waals surface area contributed by atoms with E-state index in [1.807, 2.05) is 38.4 Å². The lowest BCUT2D eigenvalue weighted by atomic mass is 9.99. The fourth-order valence-electron chi connectivity index (χ4n) is 5.17. The zero-order valence-electron chi connectivity index (χ0n) is 20.1. The average Bonchev–Trinajstić information content (AvgIpc) is 3.43. The maximum Gasteiger partial charge on any atom is 0.141 e. The van der Waals surface area contributed by atoms with Crippen molar-refractivity contribution in [2.45, 2.75) is 39.2 Å². The zero-order valence-corrected chi connectivity index (χ0v) is 20.1. The highest BCUT2D eigenvalue weighted by Crippen LogP contribution is 2.40. The first-order valence-corrected chi connectivity index (χ1v) is 11.9.